The summed E-state index contributed by atoms with van der Waals surface area (Å²) in [6, 6.07) is 11.2. The van der Waals surface area contributed by atoms with E-state index in [2.05, 4.69) is 15.0 Å². The molecule has 1 aliphatic rings. The van der Waals surface area contributed by atoms with Crippen LogP contribution in [0.3, 0.4) is 0 Å². The van der Waals surface area contributed by atoms with Crippen molar-refractivity contribution in [2.24, 2.45) is 0 Å². The molecule has 3 aromatic rings. The van der Waals surface area contributed by atoms with Crippen molar-refractivity contribution in [3.05, 3.63) is 46.8 Å². The average molecular weight is 280 g/mol. The van der Waals surface area contributed by atoms with Gasteiger partial charge in [-0.3, -0.25) is 4.79 Å². The largest absolute Gasteiger partial charge is 0.355 e. The third-order valence-corrected chi connectivity index (χ3v) is 4.04. The monoisotopic (exact) mass is 280 g/mol. The molecule has 5 heteroatoms. The number of anilines is 1. The molecule has 3 heterocycles. The Bertz CT molecular complexity index is 865. The molecule has 0 amide bonds. The minimum absolute atomic E-state index is 0.102. The number of hydrogen-bond donors (Lipinski definition) is 0. The van der Waals surface area contributed by atoms with Gasteiger partial charge in [0.2, 0.25) is 0 Å². The van der Waals surface area contributed by atoms with Crippen LogP contribution < -0.4 is 10.5 Å². The Kier molecular flexibility index (Phi) is 2.84. The molecule has 1 fully saturated rings. The second-order valence-electron chi connectivity index (χ2n) is 5.44. The highest BCUT2D eigenvalue weighted by Crippen LogP contribution is 2.17. The van der Waals surface area contributed by atoms with Crippen molar-refractivity contribution < 1.29 is 0 Å². The number of aromatic nitrogens is 3. The zero-order valence-corrected chi connectivity index (χ0v) is 11.7. The summed E-state index contributed by atoms with van der Waals surface area (Å²) < 4.78 is 1.42. The molecule has 0 radical (unpaired) electrons. The first-order valence-electron chi connectivity index (χ1n) is 7.37. The van der Waals surface area contributed by atoms with E-state index in [1.807, 2.05) is 30.3 Å². The van der Waals surface area contributed by atoms with E-state index in [1.54, 1.807) is 6.07 Å². The van der Waals surface area contributed by atoms with E-state index in [-0.39, 0.29) is 5.56 Å². The van der Waals surface area contributed by atoms with Crippen LogP contribution in [-0.2, 0) is 0 Å². The van der Waals surface area contributed by atoms with Gasteiger partial charge in [-0.25, -0.2) is 4.98 Å². The fourth-order valence-corrected chi connectivity index (χ4v) is 2.92. The maximum atomic E-state index is 12.6. The summed E-state index contributed by atoms with van der Waals surface area (Å²) in [4.78, 5) is 19.3. The van der Waals surface area contributed by atoms with Gasteiger partial charge in [0.15, 0.2) is 5.65 Å². The second kappa shape index (κ2) is 4.84. The third-order valence-electron chi connectivity index (χ3n) is 4.04. The molecule has 1 aliphatic heterocycles. The van der Waals surface area contributed by atoms with Gasteiger partial charge in [-0.05, 0) is 43.5 Å². The summed E-state index contributed by atoms with van der Waals surface area (Å²) in [6.45, 7) is 2.02. The number of fused-ring (bicyclic) bond motifs is 2. The molecular formula is C16H16N4O. The highest BCUT2D eigenvalue weighted by atomic mass is 16.1. The summed E-state index contributed by atoms with van der Waals surface area (Å²) in [5.41, 5.74) is 1.21. The lowest BCUT2D eigenvalue weighted by Crippen LogP contribution is -2.31. The molecule has 0 N–H and O–H groups in total. The normalized spacial score (nSPS) is 15.7. The number of rotatable bonds is 1. The number of nitrogens with zero attached hydrogens (tertiary/aromatic N) is 4. The Morgan fingerprint density at radius 1 is 0.952 bits per heavy atom. The molecule has 2 aromatic heterocycles. The lowest BCUT2D eigenvalue weighted by molar-refractivity contribution is 0.569. The average Bonchev–Trinajstić information content (AvgIpc) is 2.56. The van der Waals surface area contributed by atoms with E-state index < -0.39 is 0 Å². The van der Waals surface area contributed by atoms with Gasteiger partial charge in [0.05, 0.1) is 10.9 Å². The van der Waals surface area contributed by atoms with Crippen LogP contribution in [0.1, 0.15) is 19.3 Å². The summed E-state index contributed by atoms with van der Waals surface area (Å²) in [6.07, 6.45) is 3.64. The number of benzene rings is 1. The Morgan fingerprint density at radius 3 is 2.62 bits per heavy atom. The molecule has 0 spiro atoms. The predicted octanol–water partition coefficient (Wildman–Crippen LogP) is 2.23. The van der Waals surface area contributed by atoms with Crippen molar-refractivity contribution >= 4 is 22.4 Å². The van der Waals surface area contributed by atoms with Crippen LogP contribution in [0, 0.1) is 0 Å². The molecule has 21 heavy (non-hydrogen) atoms. The molecule has 0 aliphatic carbocycles. The first kappa shape index (κ1) is 12.3. The highest BCUT2D eigenvalue weighted by Gasteiger charge is 2.14. The maximum Gasteiger partial charge on any atom is 0.282 e. The Balaban J connectivity index is 1.92. The molecule has 0 unspecified atom stereocenters. The van der Waals surface area contributed by atoms with Crippen LogP contribution in [0.15, 0.2) is 41.2 Å². The van der Waals surface area contributed by atoms with Gasteiger partial charge in [0, 0.05) is 13.1 Å². The number of para-hydroxylation sites is 1. The molecule has 0 atom stereocenters. The topological polar surface area (TPSA) is 50.5 Å². The van der Waals surface area contributed by atoms with Crippen molar-refractivity contribution in [1.82, 2.24) is 14.6 Å². The van der Waals surface area contributed by atoms with Crippen LogP contribution in [-0.4, -0.2) is 27.7 Å². The zero-order valence-electron chi connectivity index (χ0n) is 11.7. The lowest BCUT2D eigenvalue weighted by Gasteiger charge is -2.27. The summed E-state index contributed by atoms with van der Waals surface area (Å²) >= 11 is 0. The minimum atomic E-state index is -0.102. The SMILES string of the molecule is O=c1c2ccccc2nc2ccc(N3CCCCC3)nn12. The van der Waals surface area contributed by atoms with E-state index in [1.165, 1.54) is 23.8 Å². The molecule has 106 valence electrons. The highest BCUT2D eigenvalue weighted by molar-refractivity contribution is 5.79. The van der Waals surface area contributed by atoms with Crippen molar-refractivity contribution in [2.45, 2.75) is 19.3 Å². The van der Waals surface area contributed by atoms with Gasteiger partial charge in [-0.15, -0.1) is 5.10 Å². The zero-order chi connectivity index (χ0) is 14.2. The van der Waals surface area contributed by atoms with E-state index in [9.17, 15) is 4.79 Å². The van der Waals surface area contributed by atoms with E-state index in [0.717, 1.165) is 24.4 Å². The molecule has 0 saturated carbocycles. The quantitative estimate of drug-likeness (QED) is 0.641. The van der Waals surface area contributed by atoms with E-state index in [4.69, 9.17) is 0 Å². The Morgan fingerprint density at radius 2 is 1.76 bits per heavy atom. The van der Waals surface area contributed by atoms with Gasteiger partial charge in [0.25, 0.3) is 5.56 Å². The summed E-state index contributed by atoms with van der Waals surface area (Å²) in [5.74, 6) is 0.862. The van der Waals surface area contributed by atoms with Gasteiger partial charge in [0.1, 0.15) is 5.82 Å². The van der Waals surface area contributed by atoms with E-state index in [0.29, 0.717) is 11.0 Å². The first-order chi connectivity index (χ1) is 10.3. The lowest BCUT2D eigenvalue weighted by atomic mass is 10.1. The van der Waals surface area contributed by atoms with Gasteiger partial charge >= 0.3 is 0 Å². The fourth-order valence-electron chi connectivity index (χ4n) is 2.92. The molecular weight excluding hydrogens is 264 g/mol. The standard InChI is InChI=1S/C16H16N4O/c21-16-12-6-2-3-7-13(12)17-14-8-9-15(18-20(14)16)19-10-4-1-5-11-19/h2-3,6-9H,1,4-5,10-11H2. The maximum absolute atomic E-state index is 12.6. The number of hydrogen-bond acceptors (Lipinski definition) is 4. The molecule has 1 saturated heterocycles. The smallest absolute Gasteiger partial charge is 0.282 e. The van der Waals surface area contributed by atoms with Gasteiger partial charge in [-0.2, -0.15) is 4.52 Å². The predicted molar refractivity (Wildman–Crippen MR) is 82.8 cm³/mol. The molecule has 0 bridgehead atoms. The number of piperidine rings is 1. The van der Waals surface area contributed by atoms with Crippen LogP contribution in [0.4, 0.5) is 5.82 Å². The van der Waals surface area contributed by atoms with Crippen molar-refractivity contribution in [3.63, 3.8) is 0 Å². The van der Waals surface area contributed by atoms with Crippen molar-refractivity contribution in [1.29, 1.82) is 0 Å². The van der Waals surface area contributed by atoms with Gasteiger partial charge < -0.3 is 4.90 Å². The third kappa shape index (κ3) is 2.05. The van der Waals surface area contributed by atoms with Crippen LogP contribution in [0.2, 0.25) is 0 Å². The van der Waals surface area contributed by atoms with E-state index >= 15 is 0 Å². The molecule has 1 aromatic carbocycles. The van der Waals surface area contributed by atoms with Crippen LogP contribution in [0.25, 0.3) is 16.6 Å². The molecule has 4 rings (SSSR count). The Labute approximate surface area is 121 Å². The van der Waals surface area contributed by atoms with Gasteiger partial charge in [-0.1, -0.05) is 12.1 Å². The molecule has 5 nitrogen and oxygen atoms in total. The fraction of sp³-hybridized carbons (Fsp3) is 0.312. The second-order valence-corrected chi connectivity index (χ2v) is 5.44. The van der Waals surface area contributed by atoms with Crippen LogP contribution >= 0.6 is 0 Å². The van der Waals surface area contributed by atoms with Crippen molar-refractivity contribution in [2.75, 3.05) is 18.0 Å². The first-order valence-corrected chi connectivity index (χ1v) is 7.37. The summed E-state index contributed by atoms with van der Waals surface area (Å²) in [5, 5.41) is 5.13. The van der Waals surface area contributed by atoms with Crippen molar-refractivity contribution in [3.8, 4) is 0 Å². The minimum Gasteiger partial charge on any atom is -0.355 e. The van der Waals surface area contributed by atoms with Crippen LogP contribution in [0.5, 0.6) is 0 Å². The Hall–Kier alpha value is -2.43. The summed E-state index contributed by atoms with van der Waals surface area (Å²) in [7, 11) is 0.